The van der Waals surface area contributed by atoms with Crippen molar-refractivity contribution in [3.05, 3.63) is 64.2 Å². The second-order valence-electron chi connectivity index (χ2n) is 5.11. The molecule has 1 atom stereocenters. The van der Waals surface area contributed by atoms with Crippen LogP contribution in [0, 0.1) is 0 Å². The Morgan fingerprint density at radius 2 is 2.13 bits per heavy atom. The lowest BCUT2D eigenvalue weighted by molar-refractivity contribution is 0.0600. The van der Waals surface area contributed by atoms with Crippen LogP contribution in [0.3, 0.4) is 0 Å². The van der Waals surface area contributed by atoms with Gasteiger partial charge in [-0.3, -0.25) is 0 Å². The number of benzene rings is 2. The third-order valence-electron chi connectivity index (χ3n) is 3.68. The molecular formula is C17H18ClNO3S. The summed E-state index contributed by atoms with van der Waals surface area (Å²) in [6.07, 6.45) is 0. The quantitative estimate of drug-likeness (QED) is 0.842. The molecule has 2 aromatic rings. The molecule has 3 rings (SSSR count). The van der Waals surface area contributed by atoms with Crippen LogP contribution in [-0.2, 0) is 11.3 Å². The number of rotatable bonds is 2. The lowest BCUT2D eigenvalue weighted by Gasteiger charge is -2.16. The van der Waals surface area contributed by atoms with Crippen molar-refractivity contribution in [1.82, 2.24) is 5.32 Å². The number of nitrogens with one attached hydrogen (secondary N) is 1. The molecule has 0 spiro atoms. The maximum atomic E-state index is 11.6. The average molecular weight is 352 g/mol. The number of methoxy groups -OCH3 is 1. The molecule has 1 aliphatic heterocycles. The fourth-order valence-electron chi connectivity index (χ4n) is 2.48. The van der Waals surface area contributed by atoms with Gasteiger partial charge in [0.25, 0.3) is 0 Å². The van der Waals surface area contributed by atoms with Crippen molar-refractivity contribution in [2.75, 3.05) is 13.7 Å². The molecule has 0 aliphatic carbocycles. The van der Waals surface area contributed by atoms with E-state index in [0.717, 1.165) is 11.1 Å². The highest BCUT2D eigenvalue weighted by molar-refractivity contribution is 7.59. The van der Waals surface area contributed by atoms with Crippen LogP contribution in [0.1, 0.15) is 27.5 Å². The number of fused-ring (bicyclic) bond motifs is 1. The van der Waals surface area contributed by atoms with E-state index in [1.165, 1.54) is 7.11 Å². The number of ether oxygens (including phenoxy) is 2. The van der Waals surface area contributed by atoms with E-state index < -0.39 is 0 Å². The minimum Gasteiger partial charge on any atom is -0.491 e. The molecule has 0 radical (unpaired) electrons. The van der Waals surface area contributed by atoms with Crippen molar-refractivity contribution in [3.8, 4) is 5.75 Å². The zero-order valence-corrected chi connectivity index (χ0v) is 14.4. The summed E-state index contributed by atoms with van der Waals surface area (Å²) >= 11 is 6.05. The van der Waals surface area contributed by atoms with Gasteiger partial charge in [0.05, 0.1) is 18.7 Å². The van der Waals surface area contributed by atoms with Crippen LogP contribution >= 0.6 is 25.1 Å². The van der Waals surface area contributed by atoms with Crippen LogP contribution in [0.4, 0.5) is 0 Å². The molecule has 0 amide bonds. The van der Waals surface area contributed by atoms with E-state index >= 15 is 0 Å². The van der Waals surface area contributed by atoms with Gasteiger partial charge >= 0.3 is 5.97 Å². The van der Waals surface area contributed by atoms with Crippen LogP contribution in [0.25, 0.3) is 0 Å². The summed E-state index contributed by atoms with van der Waals surface area (Å²) in [7, 11) is 1.37. The van der Waals surface area contributed by atoms with E-state index in [-0.39, 0.29) is 25.5 Å². The highest BCUT2D eigenvalue weighted by Crippen LogP contribution is 2.27. The van der Waals surface area contributed by atoms with Crippen LogP contribution in [0.2, 0.25) is 5.02 Å². The molecule has 0 saturated carbocycles. The van der Waals surface area contributed by atoms with E-state index in [9.17, 15) is 4.79 Å². The first kappa shape index (κ1) is 17.7. The van der Waals surface area contributed by atoms with E-state index in [0.29, 0.717) is 29.5 Å². The maximum absolute atomic E-state index is 11.6. The molecule has 0 bridgehead atoms. The fourth-order valence-corrected chi connectivity index (χ4v) is 2.68. The number of carbonyl (C=O) groups is 1. The Morgan fingerprint density at radius 1 is 1.30 bits per heavy atom. The van der Waals surface area contributed by atoms with Crippen LogP contribution < -0.4 is 10.1 Å². The summed E-state index contributed by atoms with van der Waals surface area (Å²) in [5, 5.41) is 4.15. The molecule has 122 valence electrons. The van der Waals surface area contributed by atoms with E-state index in [1.54, 1.807) is 12.1 Å². The molecule has 1 aliphatic rings. The van der Waals surface area contributed by atoms with Crippen molar-refractivity contribution >= 4 is 31.1 Å². The molecule has 0 unspecified atom stereocenters. The van der Waals surface area contributed by atoms with Gasteiger partial charge < -0.3 is 14.8 Å². The predicted octanol–water partition coefficient (Wildman–Crippen LogP) is 3.46. The zero-order valence-electron chi connectivity index (χ0n) is 12.6. The SMILES string of the molecule is COC(=O)c1ccc2c(c1)OC[C@H](c1cccc(Cl)c1)NC2.S. The minimum absolute atomic E-state index is 0. The Balaban J connectivity index is 0.00000192. The first-order valence-electron chi connectivity index (χ1n) is 7.00. The van der Waals surface area contributed by atoms with Gasteiger partial charge in [-0.25, -0.2) is 4.79 Å². The largest absolute Gasteiger partial charge is 0.491 e. The smallest absolute Gasteiger partial charge is 0.337 e. The van der Waals surface area contributed by atoms with Crippen molar-refractivity contribution in [2.45, 2.75) is 12.6 Å². The highest BCUT2D eigenvalue weighted by atomic mass is 35.5. The van der Waals surface area contributed by atoms with Gasteiger partial charge in [-0.2, -0.15) is 13.5 Å². The van der Waals surface area contributed by atoms with Crippen LogP contribution in [0.5, 0.6) is 5.75 Å². The third kappa shape index (κ3) is 3.99. The van der Waals surface area contributed by atoms with Gasteiger partial charge in [0.15, 0.2) is 0 Å². The summed E-state index contributed by atoms with van der Waals surface area (Å²) in [4.78, 5) is 11.6. The van der Waals surface area contributed by atoms with E-state index in [4.69, 9.17) is 21.1 Å². The van der Waals surface area contributed by atoms with Gasteiger partial charge in [-0.1, -0.05) is 29.8 Å². The van der Waals surface area contributed by atoms with Crippen molar-refractivity contribution in [1.29, 1.82) is 0 Å². The number of halogens is 1. The summed E-state index contributed by atoms with van der Waals surface area (Å²) in [5.41, 5.74) is 2.58. The summed E-state index contributed by atoms with van der Waals surface area (Å²) in [6, 6.07) is 13.1. The number of hydrogen-bond acceptors (Lipinski definition) is 4. The lowest BCUT2D eigenvalue weighted by Crippen LogP contribution is -2.23. The molecular weight excluding hydrogens is 334 g/mol. The molecule has 2 aromatic carbocycles. The van der Waals surface area contributed by atoms with Gasteiger partial charge in [0.2, 0.25) is 0 Å². The Labute approximate surface area is 147 Å². The molecule has 0 aromatic heterocycles. The monoisotopic (exact) mass is 351 g/mol. The van der Waals surface area contributed by atoms with Gasteiger partial charge in [-0.05, 0) is 29.8 Å². The zero-order chi connectivity index (χ0) is 15.5. The highest BCUT2D eigenvalue weighted by Gasteiger charge is 2.19. The van der Waals surface area contributed by atoms with Crippen molar-refractivity contribution in [2.24, 2.45) is 0 Å². The molecule has 1 heterocycles. The van der Waals surface area contributed by atoms with Crippen LogP contribution in [0.15, 0.2) is 42.5 Å². The first-order chi connectivity index (χ1) is 10.7. The van der Waals surface area contributed by atoms with Gasteiger partial charge in [0, 0.05) is 17.1 Å². The molecule has 23 heavy (non-hydrogen) atoms. The van der Waals surface area contributed by atoms with E-state index in [2.05, 4.69) is 5.32 Å². The van der Waals surface area contributed by atoms with Gasteiger partial charge in [-0.15, -0.1) is 0 Å². The van der Waals surface area contributed by atoms with Crippen molar-refractivity contribution < 1.29 is 14.3 Å². The number of esters is 1. The topological polar surface area (TPSA) is 47.6 Å². The summed E-state index contributed by atoms with van der Waals surface area (Å²) in [6.45, 7) is 1.13. The molecule has 1 N–H and O–H groups in total. The molecule has 0 fully saturated rings. The van der Waals surface area contributed by atoms with Gasteiger partial charge in [0.1, 0.15) is 12.4 Å². The standard InChI is InChI=1S/C17H16ClNO3.H2S/c1-21-17(20)12-5-6-13-9-19-15(10-22-16(13)8-12)11-3-2-4-14(18)7-11;/h2-8,15,19H,9-10H2,1H3;1H2/t15-;/m1./s1. The molecule has 6 heteroatoms. The third-order valence-corrected chi connectivity index (χ3v) is 3.92. The number of hydrogen-bond donors (Lipinski definition) is 1. The minimum atomic E-state index is -0.366. The number of carbonyl (C=O) groups excluding carboxylic acids is 1. The Hall–Kier alpha value is -1.69. The first-order valence-corrected chi connectivity index (χ1v) is 7.38. The lowest BCUT2D eigenvalue weighted by atomic mass is 10.1. The predicted molar refractivity (Wildman–Crippen MR) is 94.7 cm³/mol. The van der Waals surface area contributed by atoms with Crippen LogP contribution in [-0.4, -0.2) is 19.7 Å². The summed E-state index contributed by atoms with van der Waals surface area (Å²) in [5.74, 6) is 0.343. The Bertz CT molecular complexity index is 708. The normalized spacial score (nSPS) is 16.3. The van der Waals surface area contributed by atoms with Crippen molar-refractivity contribution in [3.63, 3.8) is 0 Å². The fraction of sp³-hybridized carbons (Fsp3) is 0.235. The average Bonchev–Trinajstić information content (AvgIpc) is 2.76. The molecule has 4 nitrogen and oxygen atoms in total. The Kier molecular flexibility index (Phi) is 5.93. The molecule has 0 saturated heterocycles. The second-order valence-corrected chi connectivity index (χ2v) is 5.55. The van der Waals surface area contributed by atoms with E-state index in [1.807, 2.05) is 30.3 Å². The second kappa shape index (κ2) is 7.73. The summed E-state index contributed by atoms with van der Waals surface area (Å²) < 4.78 is 10.6. The maximum Gasteiger partial charge on any atom is 0.337 e. The Morgan fingerprint density at radius 3 is 2.87 bits per heavy atom.